The average Bonchev–Trinajstić information content (AvgIpc) is 2.38. The molecule has 0 aliphatic carbocycles. The van der Waals surface area contributed by atoms with Crippen molar-refractivity contribution in [3.05, 3.63) is 41.5 Å². The first-order valence-electron chi connectivity index (χ1n) is 6.87. The van der Waals surface area contributed by atoms with E-state index in [1.165, 1.54) is 5.57 Å². The number of carbonyl (C=O) groups is 1. The van der Waals surface area contributed by atoms with Crippen molar-refractivity contribution in [1.29, 1.82) is 0 Å². The Morgan fingerprint density at radius 3 is 2.79 bits per heavy atom. The van der Waals surface area contributed by atoms with Crippen LogP contribution >= 0.6 is 0 Å². The van der Waals surface area contributed by atoms with Gasteiger partial charge in [-0.3, -0.25) is 4.79 Å². The molecule has 1 aliphatic heterocycles. The molecule has 19 heavy (non-hydrogen) atoms. The number of para-hydroxylation sites is 1. The largest absolute Gasteiger partial charge is 0.364 e. The molecule has 102 valence electrons. The molecule has 1 aromatic rings. The lowest BCUT2D eigenvalue weighted by Crippen LogP contribution is -2.48. The number of hydrogen-bond donors (Lipinski definition) is 2. The first kappa shape index (κ1) is 13.7. The highest BCUT2D eigenvalue weighted by atomic mass is 16.2. The molecule has 1 aliphatic rings. The first-order chi connectivity index (χ1) is 9.08. The summed E-state index contributed by atoms with van der Waals surface area (Å²) in [6.45, 7) is 6.40. The molecule has 1 amide bonds. The van der Waals surface area contributed by atoms with E-state index in [9.17, 15) is 4.79 Å². The number of benzene rings is 1. The van der Waals surface area contributed by atoms with Gasteiger partial charge in [-0.05, 0) is 44.7 Å². The van der Waals surface area contributed by atoms with Gasteiger partial charge < -0.3 is 10.6 Å². The van der Waals surface area contributed by atoms with E-state index >= 15 is 0 Å². The predicted molar refractivity (Wildman–Crippen MR) is 79.1 cm³/mol. The van der Waals surface area contributed by atoms with Gasteiger partial charge in [0, 0.05) is 5.69 Å². The Hall–Kier alpha value is -1.77. The minimum absolute atomic E-state index is 0.0213. The highest BCUT2D eigenvalue weighted by Crippen LogP contribution is 2.23. The van der Waals surface area contributed by atoms with Crippen LogP contribution in [0.5, 0.6) is 0 Å². The number of amides is 1. The van der Waals surface area contributed by atoms with Gasteiger partial charge >= 0.3 is 0 Å². The maximum absolute atomic E-state index is 12.0. The van der Waals surface area contributed by atoms with E-state index in [0.717, 1.165) is 24.1 Å². The van der Waals surface area contributed by atoms with Gasteiger partial charge in [0.1, 0.15) is 6.17 Å². The quantitative estimate of drug-likeness (QED) is 0.811. The molecule has 2 rings (SSSR count). The van der Waals surface area contributed by atoms with E-state index in [4.69, 9.17) is 0 Å². The van der Waals surface area contributed by atoms with Crippen molar-refractivity contribution in [3.8, 4) is 0 Å². The Labute approximate surface area is 115 Å². The molecule has 2 unspecified atom stereocenters. The van der Waals surface area contributed by atoms with Crippen molar-refractivity contribution in [2.45, 2.75) is 39.8 Å². The molecule has 3 nitrogen and oxygen atoms in total. The third kappa shape index (κ3) is 3.37. The van der Waals surface area contributed by atoms with Crippen molar-refractivity contribution in [1.82, 2.24) is 5.32 Å². The van der Waals surface area contributed by atoms with E-state index in [1.807, 2.05) is 24.3 Å². The molecule has 1 heterocycles. The van der Waals surface area contributed by atoms with E-state index in [-0.39, 0.29) is 12.1 Å². The lowest BCUT2D eigenvalue weighted by Gasteiger charge is -2.32. The van der Waals surface area contributed by atoms with E-state index in [2.05, 4.69) is 37.5 Å². The molecule has 0 radical (unpaired) electrons. The van der Waals surface area contributed by atoms with E-state index in [1.54, 1.807) is 0 Å². The summed E-state index contributed by atoms with van der Waals surface area (Å²) in [4.78, 5) is 12.0. The first-order valence-corrected chi connectivity index (χ1v) is 6.87. The highest BCUT2D eigenvalue weighted by Gasteiger charge is 2.26. The fourth-order valence-electron chi connectivity index (χ4n) is 2.32. The van der Waals surface area contributed by atoms with Crippen LogP contribution in [0.4, 0.5) is 5.69 Å². The van der Waals surface area contributed by atoms with Gasteiger partial charge in [0.25, 0.3) is 5.91 Å². The molecule has 0 saturated carbocycles. The number of hydrogen-bond acceptors (Lipinski definition) is 2. The zero-order chi connectivity index (χ0) is 13.8. The number of fused-ring (bicyclic) bond motifs is 1. The summed E-state index contributed by atoms with van der Waals surface area (Å²) < 4.78 is 0. The number of rotatable bonds is 4. The van der Waals surface area contributed by atoms with Crippen molar-refractivity contribution in [3.63, 3.8) is 0 Å². The van der Waals surface area contributed by atoms with Gasteiger partial charge in [-0.25, -0.2) is 0 Å². The van der Waals surface area contributed by atoms with Crippen LogP contribution in [0.1, 0.15) is 44.0 Å². The SMILES string of the molecule is CC(C)=CCCC(C)C1NC(=O)c2ccccc2N1. The summed E-state index contributed by atoms with van der Waals surface area (Å²) in [5.74, 6) is 0.418. The van der Waals surface area contributed by atoms with E-state index < -0.39 is 0 Å². The van der Waals surface area contributed by atoms with Crippen molar-refractivity contribution in [2.24, 2.45) is 5.92 Å². The second kappa shape index (κ2) is 5.91. The maximum Gasteiger partial charge on any atom is 0.254 e. The summed E-state index contributed by atoms with van der Waals surface area (Å²) in [6.07, 6.45) is 4.38. The summed E-state index contributed by atoms with van der Waals surface area (Å²) in [5.41, 5.74) is 3.01. The van der Waals surface area contributed by atoms with Gasteiger partial charge in [0.15, 0.2) is 0 Å². The lowest BCUT2D eigenvalue weighted by molar-refractivity contribution is 0.0922. The number of carbonyl (C=O) groups excluding carboxylic acids is 1. The Morgan fingerprint density at radius 2 is 2.05 bits per heavy atom. The third-order valence-electron chi connectivity index (χ3n) is 3.51. The second-order valence-corrected chi connectivity index (χ2v) is 5.48. The number of allylic oxidation sites excluding steroid dienone is 2. The molecule has 0 bridgehead atoms. The minimum atomic E-state index is 0.0213. The van der Waals surface area contributed by atoms with Gasteiger partial charge in [0.05, 0.1) is 5.56 Å². The maximum atomic E-state index is 12.0. The van der Waals surface area contributed by atoms with Gasteiger partial charge in [-0.2, -0.15) is 0 Å². The number of nitrogens with one attached hydrogen (secondary N) is 2. The van der Waals surface area contributed by atoms with Crippen LogP contribution in [0.3, 0.4) is 0 Å². The molecule has 0 fully saturated rings. The molecule has 2 N–H and O–H groups in total. The van der Waals surface area contributed by atoms with E-state index in [0.29, 0.717) is 5.92 Å². The fraction of sp³-hybridized carbons (Fsp3) is 0.438. The van der Waals surface area contributed by atoms with Crippen molar-refractivity contribution >= 4 is 11.6 Å². The van der Waals surface area contributed by atoms with Crippen LogP contribution in [-0.2, 0) is 0 Å². The molecular weight excluding hydrogens is 236 g/mol. The van der Waals surface area contributed by atoms with Crippen LogP contribution in [0, 0.1) is 5.92 Å². The Kier molecular flexibility index (Phi) is 4.25. The lowest BCUT2D eigenvalue weighted by atomic mass is 9.98. The minimum Gasteiger partial charge on any atom is -0.364 e. The van der Waals surface area contributed by atoms with Gasteiger partial charge in [-0.15, -0.1) is 0 Å². The van der Waals surface area contributed by atoms with Gasteiger partial charge in [-0.1, -0.05) is 30.7 Å². The Balaban J connectivity index is 2.00. The van der Waals surface area contributed by atoms with Crippen molar-refractivity contribution in [2.75, 3.05) is 5.32 Å². The molecule has 0 spiro atoms. The second-order valence-electron chi connectivity index (χ2n) is 5.48. The van der Waals surface area contributed by atoms with Crippen LogP contribution in [0.25, 0.3) is 0 Å². The standard InChI is InChI=1S/C16H22N2O/c1-11(2)7-6-8-12(3)15-17-14-10-5-4-9-13(14)16(19)18-15/h4-5,7,9-10,12,15,17H,6,8H2,1-3H3,(H,18,19). The molecule has 1 aromatic carbocycles. The molecular formula is C16H22N2O. The Morgan fingerprint density at radius 1 is 1.32 bits per heavy atom. The topological polar surface area (TPSA) is 41.1 Å². The zero-order valence-corrected chi connectivity index (χ0v) is 11.9. The Bertz CT molecular complexity index is 489. The van der Waals surface area contributed by atoms with Crippen LogP contribution in [0.15, 0.2) is 35.9 Å². The van der Waals surface area contributed by atoms with Crippen LogP contribution < -0.4 is 10.6 Å². The summed E-state index contributed by atoms with van der Waals surface area (Å²) in [6, 6.07) is 7.65. The predicted octanol–water partition coefficient (Wildman–Crippen LogP) is 3.55. The summed E-state index contributed by atoms with van der Waals surface area (Å²) in [7, 11) is 0. The highest BCUT2D eigenvalue weighted by molar-refractivity contribution is 6.01. The fourth-order valence-corrected chi connectivity index (χ4v) is 2.32. The molecule has 2 atom stereocenters. The van der Waals surface area contributed by atoms with Crippen LogP contribution in [0.2, 0.25) is 0 Å². The summed E-state index contributed by atoms with van der Waals surface area (Å²) in [5, 5.41) is 6.45. The third-order valence-corrected chi connectivity index (χ3v) is 3.51. The molecule has 0 saturated heterocycles. The normalized spacial score (nSPS) is 18.9. The summed E-state index contributed by atoms with van der Waals surface area (Å²) >= 11 is 0. The number of anilines is 1. The monoisotopic (exact) mass is 258 g/mol. The van der Waals surface area contributed by atoms with Crippen molar-refractivity contribution < 1.29 is 4.79 Å². The zero-order valence-electron chi connectivity index (χ0n) is 11.9. The van der Waals surface area contributed by atoms with Crippen LogP contribution in [-0.4, -0.2) is 12.1 Å². The molecule has 3 heteroatoms. The molecule has 0 aromatic heterocycles. The smallest absolute Gasteiger partial charge is 0.254 e. The average molecular weight is 258 g/mol. The van der Waals surface area contributed by atoms with Gasteiger partial charge in [0.2, 0.25) is 0 Å².